The lowest BCUT2D eigenvalue weighted by molar-refractivity contribution is -0.143. The molecule has 0 heterocycles. The van der Waals surface area contributed by atoms with Crippen LogP contribution in [0.2, 0.25) is 10.0 Å². The van der Waals surface area contributed by atoms with E-state index in [2.05, 4.69) is 35.1 Å². The lowest BCUT2D eigenvalue weighted by Crippen LogP contribution is -2.53. The average Bonchev–Trinajstić information content (AvgIpc) is 2.91. The van der Waals surface area contributed by atoms with E-state index in [1.807, 2.05) is 62.4 Å². The van der Waals surface area contributed by atoms with Crippen LogP contribution in [0.5, 0.6) is 5.75 Å². The summed E-state index contributed by atoms with van der Waals surface area (Å²) >= 11 is 16.6. The zero-order valence-electron chi connectivity index (χ0n) is 22.7. The summed E-state index contributed by atoms with van der Waals surface area (Å²) < 4.78 is 6.72. The van der Waals surface area contributed by atoms with Gasteiger partial charge >= 0.3 is 0 Å². The average molecular weight is 634 g/mol. The Morgan fingerprint density at radius 3 is 2.23 bits per heavy atom. The van der Waals surface area contributed by atoms with Crippen LogP contribution in [-0.2, 0) is 22.6 Å². The van der Waals surface area contributed by atoms with Crippen LogP contribution in [0.3, 0.4) is 0 Å². The summed E-state index contributed by atoms with van der Waals surface area (Å²) in [5.74, 6) is 0.306. The maximum atomic E-state index is 13.8. The van der Waals surface area contributed by atoms with E-state index in [0.717, 1.165) is 22.0 Å². The second-order valence-electron chi connectivity index (χ2n) is 9.88. The fourth-order valence-corrected chi connectivity index (χ4v) is 5.09. The van der Waals surface area contributed by atoms with Crippen molar-refractivity contribution in [1.82, 2.24) is 10.2 Å². The molecule has 0 fully saturated rings. The van der Waals surface area contributed by atoms with Gasteiger partial charge in [-0.15, -0.1) is 0 Å². The lowest BCUT2D eigenvalue weighted by Gasteiger charge is -2.32. The van der Waals surface area contributed by atoms with Crippen LogP contribution in [-0.4, -0.2) is 35.4 Å². The predicted octanol–water partition coefficient (Wildman–Crippen LogP) is 7.81. The molecule has 39 heavy (non-hydrogen) atoms. The molecule has 2 unspecified atom stereocenters. The Bertz CT molecular complexity index is 1250. The molecule has 2 atom stereocenters. The zero-order valence-corrected chi connectivity index (χ0v) is 25.8. The molecule has 0 spiro atoms. The molecule has 0 saturated carbocycles. The van der Waals surface area contributed by atoms with E-state index < -0.39 is 6.04 Å². The first-order valence-electron chi connectivity index (χ1n) is 13.1. The van der Waals surface area contributed by atoms with Gasteiger partial charge < -0.3 is 15.0 Å². The van der Waals surface area contributed by atoms with Gasteiger partial charge in [-0.2, -0.15) is 0 Å². The van der Waals surface area contributed by atoms with Crippen LogP contribution in [0.15, 0.2) is 71.2 Å². The zero-order chi connectivity index (χ0) is 28.5. The monoisotopic (exact) mass is 632 g/mol. The van der Waals surface area contributed by atoms with Gasteiger partial charge in [-0.25, -0.2) is 0 Å². The van der Waals surface area contributed by atoms with Gasteiger partial charge in [-0.05, 0) is 70.6 Å². The van der Waals surface area contributed by atoms with Crippen molar-refractivity contribution in [1.29, 1.82) is 0 Å². The topological polar surface area (TPSA) is 58.6 Å². The molecule has 0 aliphatic rings. The van der Waals surface area contributed by atoms with E-state index in [1.54, 1.807) is 18.2 Å². The third-order valence-electron chi connectivity index (χ3n) is 6.64. The van der Waals surface area contributed by atoms with Gasteiger partial charge in [-0.1, -0.05) is 86.4 Å². The minimum absolute atomic E-state index is 0.0525. The Kier molecular flexibility index (Phi) is 11.7. The van der Waals surface area contributed by atoms with Crippen LogP contribution in [0.1, 0.15) is 56.7 Å². The Morgan fingerprint density at radius 1 is 0.974 bits per heavy atom. The molecule has 3 rings (SSSR count). The largest absolute Gasteiger partial charge is 0.483 e. The first-order chi connectivity index (χ1) is 18.6. The second-order valence-corrected chi connectivity index (χ2v) is 11.5. The molecule has 0 aliphatic heterocycles. The van der Waals surface area contributed by atoms with Crippen molar-refractivity contribution in [2.75, 3.05) is 6.61 Å². The molecule has 3 aromatic rings. The summed E-state index contributed by atoms with van der Waals surface area (Å²) in [6.45, 7) is 7.96. The van der Waals surface area contributed by atoms with Gasteiger partial charge in [0, 0.05) is 34.6 Å². The number of carbonyl (C=O) groups is 2. The molecule has 208 valence electrons. The summed E-state index contributed by atoms with van der Waals surface area (Å²) in [5.41, 5.74) is 2.66. The molecule has 0 bridgehead atoms. The molecule has 0 aromatic heterocycles. The smallest absolute Gasteiger partial charge is 0.261 e. The Balaban J connectivity index is 1.96. The van der Waals surface area contributed by atoms with Crippen molar-refractivity contribution in [3.05, 3.63) is 97.9 Å². The van der Waals surface area contributed by atoms with Gasteiger partial charge in [0.05, 0.1) is 4.47 Å². The Hall–Kier alpha value is -2.54. The highest BCUT2D eigenvalue weighted by Gasteiger charge is 2.32. The number of benzene rings is 3. The van der Waals surface area contributed by atoms with Crippen LogP contribution in [0, 0.1) is 0 Å². The maximum absolute atomic E-state index is 13.8. The standard InChI is InChI=1S/C31H35BrCl2N2O3/c1-5-21(4)35-31(38)28(16-22-10-7-6-8-11-22)36(18-24-26(33)12-9-13-27(24)34)30(37)19-39-29-15-14-23(20(2)3)17-25(29)32/h6-15,17,20-21,28H,5,16,18-19H2,1-4H3,(H,35,38). The summed E-state index contributed by atoms with van der Waals surface area (Å²) in [6.07, 6.45) is 1.08. The van der Waals surface area contributed by atoms with Gasteiger partial charge in [0.2, 0.25) is 5.91 Å². The first-order valence-corrected chi connectivity index (χ1v) is 14.6. The molecule has 0 saturated heterocycles. The van der Waals surface area contributed by atoms with Crippen molar-refractivity contribution >= 4 is 50.9 Å². The minimum atomic E-state index is -0.809. The Labute approximate surface area is 250 Å². The number of amides is 2. The molecule has 5 nitrogen and oxygen atoms in total. The maximum Gasteiger partial charge on any atom is 0.261 e. The molecule has 3 aromatic carbocycles. The van der Waals surface area contributed by atoms with Gasteiger partial charge in [0.15, 0.2) is 6.61 Å². The van der Waals surface area contributed by atoms with Gasteiger partial charge in [0.1, 0.15) is 11.8 Å². The molecule has 2 amide bonds. The van der Waals surface area contributed by atoms with Crippen molar-refractivity contribution < 1.29 is 14.3 Å². The highest BCUT2D eigenvalue weighted by molar-refractivity contribution is 9.10. The minimum Gasteiger partial charge on any atom is -0.483 e. The van der Waals surface area contributed by atoms with E-state index in [0.29, 0.717) is 33.7 Å². The van der Waals surface area contributed by atoms with Crippen LogP contribution in [0.25, 0.3) is 0 Å². The molecule has 8 heteroatoms. The fraction of sp³-hybridized carbons (Fsp3) is 0.355. The van der Waals surface area contributed by atoms with Crippen molar-refractivity contribution in [3.63, 3.8) is 0 Å². The molecule has 0 aliphatic carbocycles. The quantitative estimate of drug-likeness (QED) is 0.221. The molecular weight excluding hydrogens is 599 g/mol. The predicted molar refractivity (Wildman–Crippen MR) is 163 cm³/mol. The summed E-state index contributed by atoms with van der Waals surface area (Å²) in [7, 11) is 0. The van der Waals surface area contributed by atoms with Crippen molar-refractivity contribution in [2.24, 2.45) is 0 Å². The molecular formula is C31H35BrCl2N2O3. The normalized spacial score (nSPS) is 12.6. The van der Waals surface area contributed by atoms with Gasteiger partial charge in [-0.3, -0.25) is 9.59 Å². The number of nitrogens with zero attached hydrogens (tertiary/aromatic N) is 1. The van der Waals surface area contributed by atoms with Gasteiger partial charge in [0.25, 0.3) is 5.91 Å². The van der Waals surface area contributed by atoms with E-state index in [1.165, 1.54) is 4.90 Å². The number of carbonyl (C=O) groups excluding carboxylic acids is 2. The van der Waals surface area contributed by atoms with Crippen molar-refractivity contribution in [2.45, 2.75) is 65.1 Å². The number of ether oxygens (including phenoxy) is 1. The summed E-state index contributed by atoms with van der Waals surface area (Å²) in [6, 6.07) is 19.8. The summed E-state index contributed by atoms with van der Waals surface area (Å²) in [4.78, 5) is 29.0. The Morgan fingerprint density at radius 2 is 1.64 bits per heavy atom. The van der Waals surface area contributed by atoms with Crippen LogP contribution >= 0.6 is 39.1 Å². The van der Waals surface area contributed by atoms with E-state index in [4.69, 9.17) is 27.9 Å². The van der Waals surface area contributed by atoms with Crippen molar-refractivity contribution in [3.8, 4) is 5.75 Å². The SMILES string of the molecule is CCC(C)NC(=O)C(Cc1ccccc1)N(Cc1c(Cl)cccc1Cl)C(=O)COc1ccc(C(C)C)cc1Br. The third-order valence-corrected chi connectivity index (χ3v) is 7.96. The number of hydrogen-bond donors (Lipinski definition) is 1. The van der Waals surface area contributed by atoms with E-state index in [9.17, 15) is 9.59 Å². The van der Waals surface area contributed by atoms with Crippen LogP contribution < -0.4 is 10.1 Å². The number of rotatable bonds is 12. The molecule has 0 radical (unpaired) electrons. The number of halogens is 3. The highest BCUT2D eigenvalue weighted by atomic mass is 79.9. The molecule has 1 N–H and O–H groups in total. The highest BCUT2D eigenvalue weighted by Crippen LogP contribution is 2.30. The number of nitrogens with one attached hydrogen (secondary N) is 1. The first kappa shape index (κ1) is 31.0. The van der Waals surface area contributed by atoms with Crippen LogP contribution in [0.4, 0.5) is 0 Å². The van der Waals surface area contributed by atoms with E-state index in [-0.39, 0.29) is 31.0 Å². The summed E-state index contributed by atoms with van der Waals surface area (Å²) in [5, 5.41) is 3.90. The number of hydrogen-bond acceptors (Lipinski definition) is 3. The van der Waals surface area contributed by atoms with E-state index >= 15 is 0 Å². The fourth-order valence-electron chi connectivity index (χ4n) is 4.06. The third kappa shape index (κ3) is 8.72. The lowest BCUT2D eigenvalue weighted by atomic mass is 10.0. The second kappa shape index (κ2) is 14.7.